The molecule has 0 amide bonds. The Hall–Kier alpha value is -4.37. The summed E-state index contributed by atoms with van der Waals surface area (Å²) in [5.41, 5.74) is 4.77. The number of rotatable bonds is 10. The van der Waals surface area contributed by atoms with E-state index in [2.05, 4.69) is 45.0 Å². The van der Waals surface area contributed by atoms with Crippen molar-refractivity contribution in [2.75, 3.05) is 33.4 Å². The Morgan fingerprint density at radius 1 is 0.974 bits per heavy atom. The molecule has 0 bridgehead atoms. The van der Waals surface area contributed by atoms with Crippen LogP contribution in [0.4, 0.5) is 0 Å². The molecule has 0 aliphatic carbocycles. The van der Waals surface area contributed by atoms with Crippen molar-refractivity contribution in [1.82, 2.24) is 24.3 Å². The lowest BCUT2D eigenvalue weighted by molar-refractivity contribution is -0.887. The number of nitrogens with one attached hydrogen (secondary N) is 1. The fraction of sp³-hybridized carbons (Fsp3) is 0.300. The SMILES string of the molecule is COc1cc(Cn2c(-c3ccc(OCC[NH+]4CCCC4)cc3)nc3cc(O)ccc32)ccc1Cn1cncn1. The predicted octanol–water partition coefficient (Wildman–Crippen LogP) is 3.16. The zero-order chi connectivity index (χ0) is 26.6. The third kappa shape index (κ3) is 5.58. The number of phenolic OH excluding ortho intramolecular Hbond substituents is 1. The van der Waals surface area contributed by atoms with Gasteiger partial charge in [-0.25, -0.2) is 14.6 Å². The zero-order valence-electron chi connectivity index (χ0n) is 22.1. The van der Waals surface area contributed by atoms with E-state index >= 15 is 0 Å². The molecule has 0 atom stereocenters. The van der Waals surface area contributed by atoms with Gasteiger partial charge in [0.25, 0.3) is 0 Å². The molecule has 0 spiro atoms. The molecule has 5 aromatic rings. The van der Waals surface area contributed by atoms with E-state index in [-0.39, 0.29) is 5.75 Å². The largest absolute Gasteiger partial charge is 0.508 e. The van der Waals surface area contributed by atoms with E-state index in [1.54, 1.807) is 35.2 Å². The van der Waals surface area contributed by atoms with Gasteiger partial charge in [0.1, 0.15) is 48.9 Å². The summed E-state index contributed by atoms with van der Waals surface area (Å²) < 4.78 is 15.7. The van der Waals surface area contributed by atoms with Crippen LogP contribution in [0.2, 0.25) is 0 Å². The number of hydrogen-bond acceptors (Lipinski definition) is 6. The third-order valence-electron chi connectivity index (χ3n) is 7.37. The summed E-state index contributed by atoms with van der Waals surface area (Å²) in [5.74, 6) is 2.69. The molecule has 6 rings (SSSR count). The smallest absolute Gasteiger partial charge is 0.141 e. The van der Waals surface area contributed by atoms with Crippen molar-refractivity contribution in [2.45, 2.75) is 25.9 Å². The molecular weight excluding hydrogens is 492 g/mol. The molecule has 3 aromatic carbocycles. The van der Waals surface area contributed by atoms with Crippen LogP contribution in [-0.4, -0.2) is 62.8 Å². The second kappa shape index (κ2) is 11.2. The lowest BCUT2D eigenvalue weighted by Crippen LogP contribution is -3.10. The van der Waals surface area contributed by atoms with Gasteiger partial charge >= 0.3 is 0 Å². The molecule has 2 aromatic heterocycles. The highest BCUT2D eigenvalue weighted by Crippen LogP contribution is 2.30. The van der Waals surface area contributed by atoms with Crippen LogP contribution < -0.4 is 14.4 Å². The summed E-state index contributed by atoms with van der Waals surface area (Å²) in [7, 11) is 1.68. The minimum absolute atomic E-state index is 0.196. The van der Waals surface area contributed by atoms with Crippen molar-refractivity contribution >= 4 is 11.0 Å². The van der Waals surface area contributed by atoms with E-state index in [9.17, 15) is 5.11 Å². The van der Waals surface area contributed by atoms with Crippen molar-refractivity contribution in [3.05, 3.63) is 84.4 Å². The molecule has 3 heterocycles. The summed E-state index contributed by atoms with van der Waals surface area (Å²) >= 11 is 0. The Morgan fingerprint density at radius 3 is 2.59 bits per heavy atom. The lowest BCUT2D eigenvalue weighted by Gasteiger charge is -2.14. The van der Waals surface area contributed by atoms with Gasteiger partial charge in [0.15, 0.2) is 0 Å². The van der Waals surface area contributed by atoms with E-state index in [1.807, 2.05) is 18.2 Å². The first kappa shape index (κ1) is 24.9. The topological polar surface area (TPSA) is 91.7 Å². The van der Waals surface area contributed by atoms with E-state index in [1.165, 1.54) is 32.3 Å². The summed E-state index contributed by atoms with van der Waals surface area (Å²) in [6.07, 6.45) is 5.86. The summed E-state index contributed by atoms with van der Waals surface area (Å²) in [4.78, 5) is 10.6. The predicted molar refractivity (Wildman–Crippen MR) is 148 cm³/mol. The molecule has 9 nitrogen and oxygen atoms in total. The highest BCUT2D eigenvalue weighted by Gasteiger charge is 2.17. The van der Waals surface area contributed by atoms with Gasteiger partial charge < -0.3 is 24.0 Å². The van der Waals surface area contributed by atoms with Crippen molar-refractivity contribution in [3.63, 3.8) is 0 Å². The molecule has 39 heavy (non-hydrogen) atoms. The van der Waals surface area contributed by atoms with E-state index in [0.29, 0.717) is 13.1 Å². The molecule has 1 saturated heterocycles. The highest BCUT2D eigenvalue weighted by molar-refractivity contribution is 5.82. The zero-order valence-corrected chi connectivity index (χ0v) is 22.1. The van der Waals surface area contributed by atoms with Crippen LogP contribution in [0, 0.1) is 0 Å². The first-order valence-electron chi connectivity index (χ1n) is 13.4. The Labute approximate surface area is 227 Å². The highest BCUT2D eigenvalue weighted by atomic mass is 16.5. The van der Waals surface area contributed by atoms with Crippen LogP contribution in [0.1, 0.15) is 24.0 Å². The van der Waals surface area contributed by atoms with Crippen LogP contribution in [0.25, 0.3) is 22.4 Å². The third-order valence-corrected chi connectivity index (χ3v) is 7.37. The molecule has 9 heteroatoms. The van der Waals surface area contributed by atoms with Crippen LogP contribution in [0.15, 0.2) is 73.3 Å². The Bertz CT molecular complexity index is 1540. The van der Waals surface area contributed by atoms with Gasteiger partial charge in [-0.05, 0) is 48.0 Å². The molecule has 0 saturated carbocycles. The number of hydrogen-bond donors (Lipinski definition) is 2. The Balaban J connectivity index is 1.26. The lowest BCUT2D eigenvalue weighted by atomic mass is 10.1. The van der Waals surface area contributed by atoms with Gasteiger partial charge in [-0.3, -0.25) is 0 Å². The van der Waals surface area contributed by atoms with Gasteiger partial charge in [0.2, 0.25) is 0 Å². The molecular formula is C30H33N6O3+. The first-order valence-corrected chi connectivity index (χ1v) is 13.4. The van der Waals surface area contributed by atoms with Crippen molar-refractivity contribution < 1.29 is 19.5 Å². The molecule has 0 unspecified atom stereocenters. The first-order chi connectivity index (χ1) is 19.2. The number of imidazole rings is 1. The van der Waals surface area contributed by atoms with Crippen LogP contribution in [0.5, 0.6) is 17.2 Å². The van der Waals surface area contributed by atoms with Gasteiger partial charge in [-0.2, -0.15) is 5.10 Å². The molecule has 1 aliphatic heterocycles. The maximum atomic E-state index is 10.1. The van der Waals surface area contributed by atoms with Crippen LogP contribution in [-0.2, 0) is 13.1 Å². The number of likely N-dealkylation sites (tertiary alicyclic amines) is 1. The minimum atomic E-state index is 0.196. The number of fused-ring (bicyclic) bond motifs is 1. The van der Waals surface area contributed by atoms with Gasteiger partial charge in [-0.15, -0.1) is 0 Å². The number of methoxy groups -OCH3 is 1. The number of aromatic hydroxyl groups is 1. The van der Waals surface area contributed by atoms with E-state index < -0.39 is 0 Å². The number of quaternary nitrogens is 1. The number of phenols is 1. The maximum absolute atomic E-state index is 10.1. The maximum Gasteiger partial charge on any atom is 0.141 e. The van der Waals surface area contributed by atoms with Crippen molar-refractivity contribution in [1.29, 1.82) is 0 Å². The fourth-order valence-electron chi connectivity index (χ4n) is 5.33. The number of aromatic nitrogens is 5. The summed E-state index contributed by atoms with van der Waals surface area (Å²) in [6.45, 7) is 5.45. The molecule has 2 N–H and O–H groups in total. The second-order valence-electron chi connectivity index (χ2n) is 10.0. The number of ether oxygens (including phenoxy) is 2. The molecule has 1 fully saturated rings. The van der Waals surface area contributed by atoms with Gasteiger partial charge in [0, 0.05) is 36.6 Å². The molecule has 200 valence electrons. The van der Waals surface area contributed by atoms with Crippen LogP contribution >= 0.6 is 0 Å². The van der Waals surface area contributed by atoms with Gasteiger partial charge in [0.05, 0.1) is 37.8 Å². The fourth-order valence-corrected chi connectivity index (χ4v) is 5.33. The van der Waals surface area contributed by atoms with Crippen molar-refractivity contribution in [2.24, 2.45) is 0 Å². The van der Waals surface area contributed by atoms with Crippen molar-refractivity contribution in [3.8, 4) is 28.6 Å². The quantitative estimate of drug-likeness (QED) is 0.291. The summed E-state index contributed by atoms with van der Waals surface area (Å²) in [5, 5.41) is 14.3. The van der Waals surface area contributed by atoms with Gasteiger partial charge in [-0.1, -0.05) is 12.1 Å². The Morgan fingerprint density at radius 2 is 1.82 bits per heavy atom. The monoisotopic (exact) mass is 525 g/mol. The van der Waals surface area contributed by atoms with Crippen LogP contribution in [0.3, 0.4) is 0 Å². The Kier molecular flexibility index (Phi) is 7.14. The van der Waals surface area contributed by atoms with E-state index in [4.69, 9.17) is 14.5 Å². The molecule has 0 radical (unpaired) electrons. The second-order valence-corrected chi connectivity index (χ2v) is 10.0. The number of benzene rings is 3. The minimum Gasteiger partial charge on any atom is -0.508 e. The number of nitrogens with zero attached hydrogens (tertiary/aromatic N) is 5. The van der Waals surface area contributed by atoms with E-state index in [0.717, 1.165) is 58.2 Å². The average Bonchev–Trinajstić information content (AvgIpc) is 3.72. The standard InChI is InChI=1S/C30H32N6O3/c1-38-29-16-22(4-5-24(29)19-35-21-31-20-32-35)18-36-28-11-8-25(37)17-27(28)33-30(36)23-6-9-26(10-7-23)39-15-14-34-12-2-3-13-34/h4-11,16-17,20-21,37H,2-3,12-15,18-19H2,1H3/p+1. The average molecular weight is 526 g/mol. The summed E-state index contributed by atoms with van der Waals surface area (Å²) in [6, 6.07) is 19.7. The molecule has 1 aliphatic rings. The normalized spacial score (nSPS) is 13.8.